The molecule has 1 aromatic carbocycles. The number of carbonyl (C=O) groups is 2. The first-order valence-corrected chi connectivity index (χ1v) is 7.99. The maximum Gasteiger partial charge on any atom is 0.261 e. The fourth-order valence-corrected chi connectivity index (χ4v) is 2.89. The Morgan fingerprint density at radius 2 is 1.77 bits per heavy atom. The first kappa shape index (κ1) is 16.4. The van der Waals surface area contributed by atoms with E-state index >= 15 is 0 Å². The zero-order valence-electron chi connectivity index (χ0n) is 12.8. The van der Waals surface area contributed by atoms with Crippen molar-refractivity contribution in [3.8, 4) is 0 Å². The van der Waals surface area contributed by atoms with Gasteiger partial charge in [-0.1, -0.05) is 30.3 Å². The van der Waals surface area contributed by atoms with Crippen molar-refractivity contribution in [1.82, 2.24) is 10.2 Å². The van der Waals surface area contributed by atoms with Crippen LogP contribution in [0.3, 0.4) is 0 Å². The van der Waals surface area contributed by atoms with Crippen LogP contribution in [0.2, 0.25) is 0 Å². The molecule has 2 aromatic rings. The lowest BCUT2D eigenvalue weighted by Gasteiger charge is -2.16. The van der Waals surface area contributed by atoms with E-state index in [1.807, 2.05) is 25.2 Å². The van der Waals surface area contributed by atoms with Gasteiger partial charge in [-0.15, -0.1) is 11.3 Å². The van der Waals surface area contributed by atoms with Crippen molar-refractivity contribution in [3.63, 3.8) is 0 Å². The molecule has 0 saturated carbocycles. The second kappa shape index (κ2) is 7.87. The molecule has 0 unspecified atom stereocenters. The summed E-state index contributed by atoms with van der Waals surface area (Å²) in [6, 6.07) is 13.6. The lowest BCUT2D eigenvalue weighted by Crippen LogP contribution is -2.32. The Bertz CT molecular complexity index is 637. The smallest absolute Gasteiger partial charge is 0.261 e. The number of carbonyl (C=O) groups excluding carboxylic acids is 2. The number of hydrogen-bond donors (Lipinski definition) is 1. The molecule has 5 heteroatoms. The van der Waals surface area contributed by atoms with Crippen molar-refractivity contribution in [1.29, 1.82) is 0 Å². The van der Waals surface area contributed by atoms with E-state index in [1.54, 1.807) is 12.1 Å². The van der Waals surface area contributed by atoms with Crippen LogP contribution in [0, 0.1) is 0 Å². The van der Waals surface area contributed by atoms with Crippen molar-refractivity contribution in [3.05, 3.63) is 57.8 Å². The number of hydrogen-bond acceptors (Lipinski definition) is 4. The second-order valence-corrected chi connectivity index (χ2v) is 6.28. The first-order valence-electron chi connectivity index (χ1n) is 7.17. The topological polar surface area (TPSA) is 49.4 Å². The average Bonchev–Trinajstić information content (AvgIpc) is 2.98. The molecular formula is C17H20N2O2S. The van der Waals surface area contributed by atoms with E-state index in [0.717, 1.165) is 13.1 Å². The van der Waals surface area contributed by atoms with Gasteiger partial charge >= 0.3 is 0 Å². The van der Waals surface area contributed by atoms with Crippen LogP contribution >= 0.6 is 11.3 Å². The third kappa shape index (κ3) is 4.79. The number of Topliss-reactive ketones (excluding diaryl/α,β-unsaturated/α-hetero) is 1. The van der Waals surface area contributed by atoms with Gasteiger partial charge in [0, 0.05) is 19.6 Å². The van der Waals surface area contributed by atoms with Gasteiger partial charge in [-0.3, -0.25) is 9.59 Å². The number of nitrogens with zero attached hydrogens (tertiary/aromatic N) is 1. The van der Waals surface area contributed by atoms with Gasteiger partial charge in [-0.25, -0.2) is 0 Å². The molecular weight excluding hydrogens is 296 g/mol. The van der Waals surface area contributed by atoms with Gasteiger partial charge in [0.2, 0.25) is 0 Å². The molecule has 1 amide bonds. The van der Waals surface area contributed by atoms with Crippen LogP contribution in [-0.4, -0.2) is 36.7 Å². The van der Waals surface area contributed by atoms with Crippen LogP contribution < -0.4 is 5.32 Å². The third-order valence-corrected chi connectivity index (χ3v) is 4.44. The Morgan fingerprint density at radius 3 is 2.41 bits per heavy atom. The average molecular weight is 316 g/mol. The summed E-state index contributed by atoms with van der Waals surface area (Å²) in [7, 11) is 2.03. The number of likely N-dealkylation sites (N-methyl/N-ethyl adjacent to an activating group) is 1. The number of benzene rings is 1. The fourth-order valence-electron chi connectivity index (χ4n) is 2.07. The summed E-state index contributed by atoms with van der Waals surface area (Å²) < 4.78 is 0. The lowest BCUT2D eigenvalue weighted by atomic mass is 10.2. The van der Waals surface area contributed by atoms with Crippen molar-refractivity contribution < 1.29 is 9.59 Å². The maximum absolute atomic E-state index is 12.0. The highest BCUT2D eigenvalue weighted by atomic mass is 32.1. The Hall–Kier alpha value is -1.98. The summed E-state index contributed by atoms with van der Waals surface area (Å²) in [5.41, 5.74) is 1.25. The molecule has 2 rings (SSSR count). The quantitative estimate of drug-likeness (QED) is 0.799. The van der Waals surface area contributed by atoms with Crippen molar-refractivity contribution in [2.75, 3.05) is 20.1 Å². The van der Waals surface area contributed by atoms with Crippen LogP contribution in [0.5, 0.6) is 0 Å². The molecule has 4 nitrogen and oxygen atoms in total. The molecule has 0 radical (unpaired) electrons. The molecule has 1 N–H and O–H groups in total. The standard InChI is InChI=1S/C17H20N2O2S/c1-13(20)15-8-9-16(22-15)17(21)18-10-11-19(2)12-14-6-4-3-5-7-14/h3-9H,10-12H2,1-2H3,(H,18,21). The summed E-state index contributed by atoms with van der Waals surface area (Å²) in [5, 5.41) is 2.89. The third-order valence-electron chi connectivity index (χ3n) is 3.25. The molecule has 0 spiro atoms. The maximum atomic E-state index is 12.0. The van der Waals surface area contributed by atoms with E-state index < -0.39 is 0 Å². The summed E-state index contributed by atoms with van der Waals surface area (Å²) in [5.74, 6) is -0.128. The molecule has 1 heterocycles. The molecule has 0 atom stereocenters. The van der Waals surface area contributed by atoms with Gasteiger partial charge in [0.05, 0.1) is 9.75 Å². The minimum atomic E-state index is -0.120. The molecule has 116 valence electrons. The molecule has 1 aromatic heterocycles. The summed E-state index contributed by atoms with van der Waals surface area (Å²) in [6.07, 6.45) is 0. The van der Waals surface area contributed by atoms with Crippen molar-refractivity contribution in [2.24, 2.45) is 0 Å². The molecule has 22 heavy (non-hydrogen) atoms. The summed E-state index contributed by atoms with van der Waals surface area (Å²) >= 11 is 1.24. The predicted octanol–water partition coefficient (Wildman–Crippen LogP) is 2.81. The number of amides is 1. The highest BCUT2D eigenvalue weighted by Gasteiger charge is 2.11. The van der Waals surface area contributed by atoms with E-state index in [2.05, 4.69) is 22.3 Å². The van der Waals surface area contributed by atoms with Crippen LogP contribution in [0.4, 0.5) is 0 Å². The lowest BCUT2D eigenvalue weighted by molar-refractivity contribution is 0.0953. The Kier molecular flexibility index (Phi) is 5.86. The molecule has 0 fully saturated rings. The van der Waals surface area contributed by atoms with Gasteiger partial charge in [0.15, 0.2) is 5.78 Å². The van der Waals surface area contributed by atoms with Gasteiger partial charge < -0.3 is 10.2 Å². The van der Waals surface area contributed by atoms with Gasteiger partial charge in [0.1, 0.15) is 0 Å². The van der Waals surface area contributed by atoms with E-state index in [1.165, 1.54) is 23.8 Å². The fraction of sp³-hybridized carbons (Fsp3) is 0.294. The number of rotatable bonds is 7. The molecule has 0 bridgehead atoms. The number of nitrogens with one attached hydrogen (secondary N) is 1. The monoisotopic (exact) mass is 316 g/mol. The largest absolute Gasteiger partial charge is 0.350 e. The first-order chi connectivity index (χ1) is 10.6. The summed E-state index contributed by atoms with van der Waals surface area (Å²) in [4.78, 5) is 26.6. The number of thiophene rings is 1. The van der Waals surface area contributed by atoms with Crippen LogP contribution in [0.1, 0.15) is 31.8 Å². The van der Waals surface area contributed by atoms with Crippen molar-refractivity contribution >= 4 is 23.0 Å². The molecule has 0 aliphatic carbocycles. The molecule has 0 saturated heterocycles. The molecule has 0 aliphatic rings. The Balaban J connectivity index is 1.75. The SMILES string of the molecule is CC(=O)c1ccc(C(=O)NCCN(C)Cc2ccccc2)s1. The number of ketones is 1. The Labute approximate surface area is 134 Å². The normalized spacial score (nSPS) is 10.7. The minimum Gasteiger partial charge on any atom is -0.350 e. The van der Waals surface area contributed by atoms with Gasteiger partial charge in [-0.05, 0) is 31.7 Å². The predicted molar refractivity (Wildman–Crippen MR) is 89.4 cm³/mol. The van der Waals surface area contributed by atoms with Crippen molar-refractivity contribution in [2.45, 2.75) is 13.5 Å². The zero-order chi connectivity index (χ0) is 15.9. The zero-order valence-corrected chi connectivity index (χ0v) is 13.7. The van der Waals surface area contributed by atoms with Gasteiger partial charge in [-0.2, -0.15) is 0 Å². The second-order valence-electron chi connectivity index (χ2n) is 5.20. The van der Waals surface area contributed by atoms with Crippen LogP contribution in [0.15, 0.2) is 42.5 Å². The van der Waals surface area contributed by atoms with Crippen LogP contribution in [-0.2, 0) is 6.54 Å². The minimum absolute atomic E-state index is 0.00774. The highest BCUT2D eigenvalue weighted by molar-refractivity contribution is 7.15. The molecule has 0 aliphatic heterocycles. The highest BCUT2D eigenvalue weighted by Crippen LogP contribution is 2.16. The van der Waals surface area contributed by atoms with E-state index in [9.17, 15) is 9.59 Å². The summed E-state index contributed by atoms with van der Waals surface area (Å²) in [6.45, 7) is 3.71. The van der Waals surface area contributed by atoms with E-state index in [-0.39, 0.29) is 11.7 Å². The van der Waals surface area contributed by atoms with Gasteiger partial charge in [0.25, 0.3) is 5.91 Å². The van der Waals surface area contributed by atoms with E-state index in [4.69, 9.17) is 0 Å². The van der Waals surface area contributed by atoms with E-state index in [0.29, 0.717) is 16.3 Å². The Morgan fingerprint density at radius 1 is 1.09 bits per heavy atom. The van der Waals surface area contributed by atoms with Crippen LogP contribution in [0.25, 0.3) is 0 Å².